The molecule has 157 valence electrons. The topological polar surface area (TPSA) is 125 Å². The van der Waals surface area contributed by atoms with E-state index in [0.29, 0.717) is 44.1 Å². The number of carbonyl (C=O) groups is 2. The Morgan fingerprint density at radius 3 is 2.72 bits per heavy atom. The SMILES string of the molecule is C[B]CCc1ccc(OC2CN(CC(N)C(=O)NCC3CC3)C2)c(C(=O)O)c1O. The van der Waals surface area contributed by atoms with Crippen LogP contribution >= 0.6 is 0 Å². The summed E-state index contributed by atoms with van der Waals surface area (Å²) in [6.07, 6.45) is 3.46. The van der Waals surface area contributed by atoms with Crippen molar-refractivity contribution in [3.8, 4) is 11.5 Å². The number of carbonyl (C=O) groups excluding carboxylic acids is 1. The number of nitrogens with zero attached hydrogens (tertiary/aromatic N) is 1. The summed E-state index contributed by atoms with van der Waals surface area (Å²) in [7, 11) is 1.96. The summed E-state index contributed by atoms with van der Waals surface area (Å²) >= 11 is 0. The predicted octanol–water partition coefficient (Wildman–Crippen LogP) is 0.720. The summed E-state index contributed by atoms with van der Waals surface area (Å²) in [5, 5.41) is 22.7. The lowest BCUT2D eigenvalue weighted by atomic mass is 9.75. The van der Waals surface area contributed by atoms with Gasteiger partial charge >= 0.3 is 5.97 Å². The molecule has 3 rings (SSSR count). The fourth-order valence-electron chi connectivity index (χ4n) is 3.41. The van der Waals surface area contributed by atoms with Crippen LogP contribution in [-0.4, -0.2) is 72.6 Å². The molecule has 1 aliphatic heterocycles. The van der Waals surface area contributed by atoms with Crippen LogP contribution in [0.5, 0.6) is 11.5 Å². The lowest BCUT2D eigenvalue weighted by molar-refractivity contribution is -0.123. The zero-order chi connectivity index (χ0) is 21.0. The Kier molecular flexibility index (Phi) is 7.02. The van der Waals surface area contributed by atoms with Crippen molar-refractivity contribution in [3.63, 3.8) is 0 Å². The van der Waals surface area contributed by atoms with Gasteiger partial charge in [0.25, 0.3) is 0 Å². The molecule has 1 heterocycles. The van der Waals surface area contributed by atoms with Crippen LogP contribution in [-0.2, 0) is 11.2 Å². The Hall–Kier alpha value is -2.26. The summed E-state index contributed by atoms with van der Waals surface area (Å²) in [6, 6.07) is 2.72. The molecule has 1 atom stereocenters. The van der Waals surface area contributed by atoms with Crippen LogP contribution in [0.15, 0.2) is 12.1 Å². The van der Waals surface area contributed by atoms with Crippen LogP contribution in [0.25, 0.3) is 0 Å². The second-order valence-corrected chi connectivity index (χ2v) is 7.95. The van der Waals surface area contributed by atoms with E-state index in [1.165, 1.54) is 12.8 Å². The van der Waals surface area contributed by atoms with Gasteiger partial charge in [0.1, 0.15) is 30.4 Å². The first-order valence-corrected chi connectivity index (χ1v) is 10.2. The number of aromatic hydroxyl groups is 1. The summed E-state index contributed by atoms with van der Waals surface area (Å²) in [4.78, 5) is 25.6. The molecule has 1 unspecified atom stereocenters. The monoisotopic (exact) mass is 402 g/mol. The van der Waals surface area contributed by atoms with Crippen LogP contribution in [0.4, 0.5) is 0 Å². The minimum Gasteiger partial charge on any atom is -0.507 e. The number of hydrogen-bond donors (Lipinski definition) is 4. The van der Waals surface area contributed by atoms with Crippen LogP contribution in [0.1, 0.15) is 28.8 Å². The summed E-state index contributed by atoms with van der Waals surface area (Å²) in [6.45, 7) is 4.15. The maximum atomic E-state index is 12.0. The first-order chi connectivity index (χ1) is 13.9. The minimum absolute atomic E-state index is 0.140. The number of amides is 1. The highest BCUT2D eigenvalue weighted by Gasteiger charge is 2.33. The molecule has 8 nitrogen and oxygen atoms in total. The smallest absolute Gasteiger partial charge is 0.343 e. The zero-order valence-electron chi connectivity index (χ0n) is 16.8. The molecular weight excluding hydrogens is 373 g/mol. The Morgan fingerprint density at radius 2 is 2.10 bits per heavy atom. The molecule has 2 fully saturated rings. The Morgan fingerprint density at radius 1 is 1.38 bits per heavy atom. The van der Waals surface area contributed by atoms with Crippen LogP contribution in [0, 0.1) is 5.92 Å². The van der Waals surface area contributed by atoms with Crippen LogP contribution in [0.2, 0.25) is 13.1 Å². The fraction of sp³-hybridized carbons (Fsp3) is 0.600. The molecule has 5 N–H and O–H groups in total. The largest absolute Gasteiger partial charge is 0.507 e. The highest BCUT2D eigenvalue weighted by molar-refractivity contribution is 6.33. The van der Waals surface area contributed by atoms with Gasteiger partial charge in [0.15, 0.2) is 0 Å². The van der Waals surface area contributed by atoms with Gasteiger partial charge in [0, 0.05) is 26.2 Å². The number of phenols is 1. The highest BCUT2D eigenvalue weighted by atomic mass is 16.5. The number of likely N-dealkylation sites (tertiary alicyclic amines) is 1. The number of hydrogen-bond acceptors (Lipinski definition) is 6. The molecule has 0 spiro atoms. The molecule has 1 aliphatic carbocycles. The highest BCUT2D eigenvalue weighted by Crippen LogP contribution is 2.33. The molecule has 1 saturated heterocycles. The van der Waals surface area contributed by atoms with Gasteiger partial charge in [-0.05, 0) is 36.8 Å². The van der Waals surface area contributed by atoms with Crippen molar-refractivity contribution in [2.24, 2.45) is 11.7 Å². The van der Waals surface area contributed by atoms with E-state index in [1.807, 2.05) is 19.0 Å². The Labute approximate surface area is 171 Å². The molecular formula is C20H29BN3O5. The Balaban J connectivity index is 1.50. The number of benzene rings is 1. The standard InChI is InChI=1S/C20H29BN3O5/c1-21-7-6-13-4-5-16(17(18(13)25)20(27)28)29-14-9-24(10-14)11-15(22)19(26)23-8-12-2-3-12/h4-5,12,14-15,25H,2-3,6-11,22H2,1H3,(H,23,26)(H,27,28). The number of rotatable bonds is 11. The molecule has 29 heavy (non-hydrogen) atoms. The lowest BCUT2D eigenvalue weighted by Crippen LogP contribution is -2.59. The number of ether oxygens (including phenoxy) is 1. The molecule has 2 aliphatic rings. The van der Waals surface area contributed by atoms with E-state index < -0.39 is 12.0 Å². The van der Waals surface area contributed by atoms with E-state index in [1.54, 1.807) is 12.1 Å². The number of nitrogens with one attached hydrogen (secondary N) is 1. The van der Waals surface area contributed by atoms with Crippen molar-refractivity contribution in [2.45, 2.75) is 44.6 Å². The second kappa shape index (κ2) is 9.50. The van der Waals surface area contributed by atoms with E-state index >= 15 is 0 Å². The average Bonchev–Trinajstić information content (AvgIpc) is 3.47. The third-order valence-corrected chi connectivity index (χ3v) is 5.41. The van der Waals surface area contributed by atoms with Crippen molar-refractivity contribution in [1.29, 1.82) is 0 Å². The first-order valence-electron chi connectivity index (χ1n) is 10.2. The van der Waals surface area contributed by atoms with E-state index in [4.69, 9.17) is 10.5 Å². The molecule has 1 radical (unpaired) electrons. The predicted molar refractivity (Wildman–Crippen MR) is 110 cm³/mol. The molecule has 9 heteroatoms. The van der Waals surface area contributed by atoms with Crippen molar-refractivity contribution in [1.82, 2.24) is 10.2 Å². The number of aryl methyl sites for hydroxylation is 1. The normalized spacial score (nSPS) is 18.0. The fourth-order valence-corrected chi connectivity index (χ4v) is 3.41. The zero-order valence-corrected chi connectivity index (χ0v) is 16.8. The maximum absolute atomic E-state index is 12.0. The third-order valence-electron chi connectivity index (χ3n) is 5.41. The third kappa shape index (κ3) is 5.64. The molecule has 1 saturated carbocycles. The van der Waals surface area contributed by atoms with Crippen molar-refractivity contribution >= 4 is 19.2 Å². The van der Waals surface area contributed by atoms with Crippen molar-refractivity contribution in [2.75, 3.05) is 26.2 Å². The van der Waals surface area contributed by atoms with E-state index in [9.17, 15) is 19.8 Å². The van der Waals surface area contributed by atoms with Crippen molar-refractivity contribution < 1.29 is 24.5 Å². The maximum Gasteiger partial charge on any atom is 0.343 e. The second-order valence-electron chi connectivity index (χ2n) is 7.95. The molecule has 1 aromatic rings. The van der Waals surface area contributed by atoms with Gasteiger partial charge in [-0.3, -0.25) is 9.69 Å². The van der Waals surface area contributed by atoms with Crippen LogP contribution in [0.3, 0.4) is 0 Å². The van der Waals surface area contributed by atoms with Gasteiger partial charge in [0.05, 0.1) is 6.04 Å². The Bertz CT molecular complexity index is 750. The van der Waals surface area contributed by atoms with Gasteiger partial charge in [-0.25, -0.2) is 4.79 Å². The van der Waals surface area contributed by atoms with Crippen LogP contribution < -0.4 is 15.8 Å². The van der Waals surface area contributed by atoms with Gasteiger partial charge in [-0.2, -0.15) is 0 Å². The van der Waals surface area contributed by atoms with Gasteiger partial charge in [-0.15, -0.1) is 0 Å². The quantitative estimate of drug-likeness (QED) is 0.402. The number of carboxylic acid groups (broad SMARTS) is 1. The number of nitrogens with two attached hydrogens (primary N) is 1. The molecule has 0 aromatic heterocycles. The summed E-state index contributed by atoms with van der Waals surface area (Å²) < 4.78 is 5.81. The summed E-state index contributed by atoms with van der Waals surface area (Å²) in [5.74, 6) is -0.818. The average molecular weight is 402 g/mol. The van der Waals surface area contributed by atoms with Gasteiger partial charge in [0.2, 0.25) is 5.91 Å². The number of carboxylic acids is 1. The van der Waals surface area contributed by atoms with E-state index in [-0.39, 0.29) is 29.1 Å². The van der Waals surface area contributed by atoms with Gasteiger partial charge < -0.3 is 26.0 Å². The lowest BCUT2D eigenvalue weighted by Gasteiger charge is -2.40. The molecule has 1 amide bonds. The van der Waals surface area contributed by atoms with E-state index in [0.717, 1.165) is 6.32 Å². The number of aromatic carboxylic acids is 1. The minimum atomic E-state index is -1.22. The summed E-state index contributed by atoms with van der Waals surface area (Å²) in [5.41, 5.74) is 6.35. The molecule has 1 aromatic carbocycles. The first kappa shape index (κ1) is 21.5. The van der Waals surface area contributed by atoms with Gasteiger partial charge in [-0.1, -0.05) is 19.2 Å². The molecule has 0 bridgehead atoms. The van der Waals surface area contributed by atoms with E-state index in [2.05, 4.69) is 5.32 Å². The van der Waals surface area contributed by atoms with Crippen molar-refractivity contribution in [3.05, 3.63) is 23.3 Å².